The second-order valence-corrected chi connectivity index (χ2v) is 7.38. The summed E-state index contributed by atoms with van der Waals surface area (Å²) < 4.78 is 1.68. The lowest BCUT2D eigenvalue weighted by atomic mass is 10.0. The SMILES string of the molecule is Cc1nc(N2CCCC(NC(=O)c3cc(C)n(C)n3)C2)c(C#N)c(C)c1Cl. The molecule has 1 N–H and O–H groups in total. The fourth-order valence-corrected chi connectivity index (χ4v) is 3.53. The zero-order chi connectivity index (χ0) is 19.7. The first kappa shape index (κ1) is 19.2. The van der Waals surface area contributed by atoms with Crippen LogP contribution >= 0.6 is 11.6 Å². The summed E-state index contributed by atoms with van der Waals surface area (Å²) in [6.45, 7) is 6.97. The molecule has 0 saturated carbocycles. The van der Waals surface area contributed by atoms with Crippen molar-refractivity contribution in [1.29, 1.82) is 5.26 Å². The fraction of sp³-hybridized carbons (Fsp3) is 0.474. The summed E-state index contributed by atoms with van der Waals surface area (Å²) in [6.07, 6.45) is 1.78. The lowest BCUT2D eigenvalue weighted by Crippen LogP contribution is -2.48. The summed E-state index contributed by atoms with van der Waals surface area (Å²) in [4.78, 5) is 19.1. The van der Waals surface area contributed by atoms with Crippen molar-refractivity contribution in [2.45, 2.75) is 39.7 Å². The molecule has 1 aliphatic rings. The number of hydrogen-bond acceptors (Lipinski definition) is 5. The number of amides is 1. The third-order valence-corrected chi connectivity index (χ3v) is 5.59. The van der Waals surface area contributed by atoms with Crippen LogP contribution in [0.25, 0.3) is 0 Å². The van der Waals surface area contributed by atoms with Crippen molar-refractivity contribution in [3.63, 3.8) is 0 Å². The summed E-state index contributed by atoms with van der Waals surface area (Å²) in [7, 11) is 1.81. The Hall–Kier alpha value is -2.59. The Bertz CT molecular complexity index is 910. The Morgan fingerprint density at radius 2 is 2.15 bits per heavy atom. The van der Waals surface area contributed by atoms with Gasteiger partial charge in [-0.05, 0) is 45.2 Å². The standard InChI is InChI=1S/C19H23ClN6O/c1-11-8-16(24-25(11)4)19(27)23-14-6-5-7-26(10-14)18-15(9-21)12(2)17(20)13(3)22-18/h8,14H,5-7,10H2,1-4H3,(H,23,27). The van der Waals surface area contributed by atoms with Crippen molar-refractivity contribution < 1.29 is 4.79 Å². The van der Waals surface area contributed by atoms with Crippen molar-refractivity contribution in [3.8, 4) is 6.07 Å². The zero-order valence-electron chi connectivity index (χ0n) is 16.0. The van der Waals surface area contributed by atoms with Gasteiger partial charge in [-0.25, -0.2) is 4.98 Å². The lowest BCUT2D eigenvalue weighted by Gasteiger charge is -2.34. The Morgan fingerprint density at radius 1 is 1.41 bits per heavy atom. The number of aryl methyl sites for hydroxylation is 3. The van der Waals surface area contributed by atoms with E-state index in [0.717, 1.165) is 30.6 Å². The third kappa shape index (κ3) is 3.76. The normalized spacial score (nSPS) is 16.9. The van der Waals surface area contributed by atoms with Gasteiger partial charge in [0.15, 0.2) is 0 Å². The van der Waals surface area contributed by atoms with E-state index in [1.807, 2.05) is 27.8 Å². The van der Waals surface area contributed by atoms with Crippen LogP contribution in [0.15, 0.2) is 6.07 Å². The van der Waals surface area contributed by atoms with Crippen molar-refractivity contribution in [1.82, 2.24) is 20.1 Å². The van der Waals surface area contributed by atoms with E-state index in [2.05, 4.69) is 26.4 Å². The number of aromatic nitrogens is 3. The molecule has 3 heterocycles. The second-order valence-electron chi connectivity index (χ2n) is 7.00. The van der Waals surface area contributed by atoms with Crippen LogP contribution in [0.1, 0.15) is 45.8 Å². The number of nitrogens with one attached hydrogen (secondary N) is 1. The maximum Gasteiger partial charge on any atom is 0.272 e. The van der Waals surface area contributed by atoms with Crippen LogP contribution in [0.3, 0.4) is 0 Å². The van der Waals surface area contributed by atoms with Crippen LogP contribution in [0, 0.1) is 32.1 Å². The molecule has 2 aromatic rings. The first-order valence-electron chi connectivity index (χ1n) is 8.95. The number of anilines is 1. The van der Waals surface area contributed by atoms with Gasteiger partial charge in [-0.1, -0.05) is 11.6 Å². The van der Waals surface area contributed by atoms with Crippen molar-refractivity contribution in [2.75, 3.05) is 18.0 Å². The maximum absolute atomic E-state index is 12.5. The van der Waals surface area contributed by atoms with Crippen LogP contribution in [0.4, 0.5) is 5.82 Å². The average Bonchev–Trinajstić information content (AvgIpc) is 2.98. The van der Waals surface area contributed by atoms with Crippen LogP contribution in [0.2, 0.25) is 5.02 Å². The predicted octanol–water partition coefficient (Wildman–Crippen LogP) is 2.66. The topological polar surface area (TPSA) is 86.8 Å². The van der Waals surface area contributed by atoms with Gasteiger partial charge in [0.2, 0.25) is 0 Å². The number of hydrogen-bond donors (Lipinski definition) is 1. The summed E-state index contributed by atoms with van der Waals surface area (Å²) in [5, 5.41) is 17.4. The summed E-state index contributed by atoms with van der Waals surface area (Å²) >= 11 is 6.25. The molecule has 1 atom stereocenters. The number of pyridine rings is 1. The monoisotopic (exact) mass is 386 g/mol. The molecule has 8 heteroatoms. The van der Waals surface area contributed by atoms with Crippen LogP contribution in [-0.4, -0.2) is 39.8 Å². The molecule has 0 spiro atoms. The van der Waals surface area contributed by atoms with Gasteiger partial charge in [-0.3, -0.25) is 9.48 Å². The summed E-state index contributed by atoms with van der Waals surface area (Å²) in [5.74, 6) is 0.465. The van der Waals surface area contributed by atoms with E-state index in [1.54, 1.807) is 10.7 Å². The number of piperidine rings is 1. The van der Waals surface area contributed by atoms with Crippen molar-refractivity contribution in [3.05, 3.63) is 39.3 Å². The molecule has 7 nitrogen and oxygen atoms in total. The predicted molar refractivity (Wildman–Crippen MR) is 104 cm³/mol. The van der Waals surface area contributed by atoms with Crippen LogP contribution in [0.5, 0.6) is 0 Å². The molecular formula is C19H23ClN6O. The first-order chi connectivity index (χ1) is 12.8. The molecule has 0 radical (unpaired) electrons. The smallest absolute Gasteiger partial charge is 0.272 e. The molecule has 27 heavy (non-hydrogen) atoms. The molecule has 3 rings (SSSR count). The van der Waals surface area contributed by atoms with Gasteiger partial charge in [0.25, 0.3) is 5.91 Å². The van der Waals surface area contributed by atoms with E-state index in [4.69, 9.17) is 11.6 Å². The van der Waals surface area contributed by atoms with Crippen molar-refractivity contribution >= 4 is 23.3 Å². The van der Waals surface area contributed by atoms with Gasteiger partial charge in [0, 0.05) is 31.9 Å². The number of nitriles is 1. The van der Waals surface area contributed by atoms with E-state index in [0.29, 0.717) is 34.3 Å². The van der Waals surface area contributed by atoms with Gasteiger partial charge >= 0.3 is 0 Å². The average molecular weight is 387 g/mol. The molecule has 0 aliphatic carbocycles. The summed E-state index contributed by atoms with van der Waals surface area (Å²) in [6, 6.07) is 3.98. The number of rotatable bonds is 3. The Balaban J connectivity index is 1.79. The molecule has 1 saturated heterocycles. The van der Waals surface area contributed by atoms with Gasteiger partial charge in [0.05, 0.1) is 16.3 Å². The van der Waals surface area contributed by atoms with Gasteiger partial charge in [-0.2, -0.15) is 10.4 Å². The number of nitrogens with zero attached hydrogens (tertiary/aromatic N) is 5. The molecule has 0 bridgehead atoms. The highest BCUT2D eigenvalue weighted by molar-refractivity contribution is 6.32. The van der Waals surface area contributed by atoms with E-state index in [9.17, 15) is 10.1 Å². The highest BCUT2D eigenvalue weighted by Crippen LogP contribution is 2.30. The van der Waals surface area contributed by atoms with E-state index < -0.39 is 0 Å². The fourth-order valence-electron chi connectivity index (χ4n) is 3.39. The van der Waals surface area contributed by atoms with E-state index in [-0.39, 0.29) is 11.9 Å². The number of carbonyl (C=O) groups excluding carboxylic acids is 1. The largest absolute Gasteiger partial charge is 0.353 e. The first-order valence-corrected chi connectivity index (χ1v) is 9.32. The molecule has 1 unspecified atom stereocenters. The Morgan fingerprint density at radius 3 is 2.78 bits per heavy atom. The minimum Gasteiger partial charge on any atom is -0.353 e. The van der Waals surface area contributed by atoms with Gasteiger partial charge in [-0.15, -0.1) is 0 Å². The number of halogens is 1. The lowest BCUT2D eigenvalue weighted by molar-refractivity contribution is 0.0927. The zero-order valence-corrected chi connectivity index (χ0v) is 16.8. The van der Waals surface area contributed by atoms with Gasteiger partial charge < -0.3 is 10.2 Å². The third-order valence-electron chi connectivity index (χ3n) is 5.03. The minimum atomic E-state index is -0.178. The molecule has 1 aliphatic heterocycles. The Kier molecular flexibility index (Phi) is 5.38. The second kappa shape index (κ2) is 7.57. The van der Waals surface area contributed by atoms with Crippen molar-refractivity contribution in [2.24, 2.45) is 7.05 Å². The quantitative estimate of drug-likeness (QED) is 0.876. The molecule has 0 aromatic carbocycles. The molecular weight excluding hydrogens is 364 g/mol. The van der Waals surface area contributed by atoms with Crippen LogP contribution in [-0.2, 0) is 7.05 Å². The molecule has 142 valence electrons. The van der Waals surface area contributed by atoms with Gasteiger partial charge in [0.1, 0.15) is 17.6 Å². The molecule has 1 amide bonds. The summed E-state index contributed by atoms with van der Waals surface area (Å²) in [5.41, 5.74) is 3.30. The van der Waals surface area contributed by atoms with E-state index >= 15 is 0 Å². The minimum absolute atomic E-state index is 0.0294. The molecule has 1 fully saturated rings. The van der Waals surface area contributed by atoms with E-state index in [1.165, 1.54) is 0 Å². The highest BCUT2D eigenvalue weighted by Gasteiger charge is 2.26. The highest BCUT2D eigenvalue weighted by atomic mass is 35.5. The Labute approximate surface area is 163 Å². The van der Waals surface area contributed by atoms with Crippen LogP contribution < -0.4 is 10.2 Å². The maximum atomic E-state index is 12.5. The number of carbonyl (C=O) groups is 1. The molecule has 2 aromatic heterocycles.